The fourth-order valence-electron chi connectivity index (χ4n) is 1.30. The van der Waals surface area contributed by atoms with Crippen LogP contribution in [0.5, 0.6) is 0 Å². The summed E-state index contributed by atoms with van der Waals surface area (Å²) in [5, 5.41) is 0. The molecule has 1 saturated heterocycles. The molecule has 0 radical (unpaired) electrons. The Balaban J connectivity index is 0.000000336. The Morgan fingerprint density at radius 2 is 2.13 bits per heavy atom. The van der Waals surface area contributed by atoms with Gasteiger partial charge in [0.25, 0.3) is 6.47 Å². The molecular formula is C11H22O4. The summed E-state index contributed by atoms with van der Waals surface area (Å²) in [5.41, 5.74) is 0. The van der Waals surface area contributed by atoms with Gasteiger partial charge < -0.3 is 14.2 Å². The zero-order valence-corrected chi connectivity index (χ0v) is 10.1. The van der Waals surface area contributed by atoms with Gasteiger partial charge in [0.05, 0.1) is 19.3 Å². The summed E-state index contributed by atoms with van der Waals surface area (Å²) in [4.78, 5) is 9.18. The molecule has 1 aliphatic rings. The lowest BCUT2D eigenvalue weighted by molar-refractivity contribution is -0.138. The molecular weight excluding hydrogens is 196 g/mol. The molecule has 0 saturated carbocycles. The Bertz CT molecular complexity index is 168. The van der Waals surface area contributed by atoms with Gasteiger partial charge in [-0.3, -0.25) is 4.79 Å². The number of hydrogen-bond acceptors (Lipinski definition) is 4. The molecule has 0 amide bonds. The maximum absolute atomic E-state index is 9.18. The van der Waals surface area contributed by atoms with Crippen LogP contribution < -0.4 is 0 Å². The van der Waals surface area contributed by atoms with Crippen LogP contribution in [0.4, 0.5) is 0 Å². The van der Waals surface area contributed by atoms with E-state index in [9.17, 15) is 4.79 Å². The minimum absolute atomic E-state index is 0.333. The Hall–Kier alpha value is -0.610. The molecule has 0 bridgehead atoms. The van der Waals surface area contributed by atoms with Gasteiger partial charge in [0, 0.05) is 0 Å². The predicted molar refractivity (Wildman–Crippen MR) is 57.5 cm³/mol. The van der Waals surface area contributed by atoms with Crippen LogP contribution in [-0.4, -0.2) is 31.6 Å². The molecule has 0 aromatic rings. The van der Waals surface area contributed by atoms with Gasteiger partial charge in [-0.2, -0.15) is 0 Å². The number of rotatable bonds is 4. The third kappa shape index (κ3) is 7.33. The SMILES string of the molecule is CCCC1COC(C)(C)O1.CCOC=O. The summed E-state index contributed by atoms with van der Waals surface area (Å²) in [6.07, 6.45) is 2.62. The highest BCUT2D eigenvalue weighted by Gasteiger charge is 2.31. The lowest BCUT2D eigenvalue weighted by atomic mass is 10.2. The maximum atomic E-state index is 9.18. The van der Waals surface area contributed by atoms with Gasteiger partial charge in [-0.25, -0.2) is 0 Å². The van der Waals surface area contributed by atoms with Crippen LogP contribution in [0.1, 0.15) is 40.5 Å². The standard InChI is InChI=1S/C8H16O2.C3H6O2/c1-4-5-7-6-9-8(2,3)10-7;1-2-5-3-4/h7H,4-6H2,1-3H3;3H,2H2,1H3. The molecule has 0 spiro atoms. The molecule has 0 aromatic heterocycles. The van der Waals surface area contributed by atoms with Crippen molar-refractivity contribution in [1.82, 2.24) is 0 Å². The minimum Gasteiger partial charge on any atom is -0.468 e. The lowest BCUT2D eigenvalue weighted by Gasteiger charge is -2.16. The van der Waals surface area contributed by atoms with Gasteiger partial charge in [-0.1, -0.05) is 13.3 Å². The predicted octanol–water partition coefficient (Wildman–Crippen LogP) is 2.12. The molecule has 0 N–H and O–H groups in total. The molecule has 1 heterocycles. The second-order valence-corrected chi connectivity index (χ2v) is 3.79. The summed E-state index contributed by atoms with van der Waals surface area (Å²) in [6.45, 7) is 9.51. The van der Waals surface area contributed by atoms with Crippen molar-refractivity contribution < 1.29 is 19.0 Å². The molecule has 1 unspecified atom stereocenters. The first-order valence-corrected chi connectivity index (χ1v) is 5.42. The largest absolute Gasteiger partial charge is 0.468 e. The van der Waals surface area contributed by atoms with Crippen LogP contribution >= 0.6 is 0 Å². The van der Waals surface area contributed by atoms with E-state index in [0.29, 0.717) is 19.2 Å². The van der Waals surface area contributed by atoms with E-state index in [0.717, 1.165) is 13.0 Å². The first-order chi connectivity index (χ1) is 7.05. The number of hydrogen-bond donors (Lipinski definition) is 0. The van der Waals surface area contributed by atoms with Crippen LogP contribution in [0.3, 0.4) is 0 Å². The quantitative estimate of drug-likeness (QED) is 0.678. The highest BCUT2D eigenvalue weighted by molar-refractivity contribution is 5.36. The molecule has 1 atom stereocenters. The summed E-state index contributed by atoms with van der Waals surface area (Å²) in [7, 11) is 0. The highest BCUT2D eigenvalue weighted by Crippen LogP contribution is 2.24. The van der Waals surface area contributed by atoms with Crippen molar-refractivity contribution in [3.8, 4) is 0 Å². The number of carbonyl (C=O) groups is 1. The van der Waals surface area contributed by atoms with E-state index >= 15 is 0 Å². The zero-order valence-electron chi connectivity index (χ0n) is 10.1. The Morgan fingerprint density at radius 3 is 2.40 bits per heavy atom. The van der Waals surface area contributed by atoms with Gasteiger partial charge in [-0.05, 0) is 27.2 Å². The molecule has 4 nitrogen and oxygen atoms in total. The van der Waals surface area contributed by atoms with Crippen LogP contribution in [0.2, 0.25) is 0 Å². The minimum atomic E-state index is -0.333. The van der Waals surface area contributed by atoms with Crippen molar-refractivity contribution in [2.45, 2.75) is 52.4 Å². The van der Waals surface area contributed by atoms with Crippen molar-refractivity contribution in [2.75, 3.05) is 13.2 Å². The Kier molecular flexibility index (Phi) is 7.34. The topological polar surface area (TPSA) is 44.8 Å². The van der Waals surface area contributed by atoms with Gasteiger partial charge in [0.2, 0.25) is 0 Å². The van der Waals surface area contributed by atoms with E-state index in [1.165, 1.54) is 6.42 Å². The van der Waals surface area contributed by atoms with E-state index < -0.39 is 0 Å². The average molecular weight is 218 g/mol. The number of carbonyl (C=O) groups excluding carboxylic acids is 1. The number of ether oxygens (including phenoxy) is 3. The molecule has 15 heavy (non-hydrogen) atoms. The smallest absolute Gasteiger partial charge is 0.293 e. The first-order valence-electron chi connectivity index (χ1n) is 5.42. The second-order valence-electron chi connectivity index (χ2n) is 3.79. The van der Waals surface area contributed by atoms with Crippen LogP contribution in [0.25, 0.3) is 0 Å². The highest BCUT2D eigenvalue weighted by atomic mass is 16.7. The Labute approximate surface area is 91.9 Å². The first kappa shape index (κ1) is 14.4. The average Bonchev–Trinajstić information content (AvgIpc) is 2.49. The molecule has 1 fully saturated rings. The monoisotopic (exact) mass is 218 g/mol. The maximum Gasteiger partial charge on any atom is 0.293 e. The van der Waals surface area contributed by atoms with E-state index in [1.54, 1.807) is 6.92 Å². The molecule has 1 aliphatic heterocycles. The van der Waals surface area contributed by atoms with Crippen LogP contribution in [-0.2, 0) is 19.0 Å². The second kappa shape index (κ2) is 7.65. The Morgan fingerprint density at radius 1 is 1.47 bits per heavy atom. The summed E-state index contributed by atoms with van der Waals surface area (Å²) in [6, 6.07) is 0. The summed E-state index contributed by atoms with van der Waals surface area (Å²) in [5.74, 6) is -0.333. The molecule has 0 aliphatic carbocycles. The normalized spacial score (nSPS) is 22.8. The van der Waals surface area contributed by atoms with Crippen LogP contribution in [0, 0.1) is 0 Å². The fourth-order valence-corrected chi connectivity index (χ4v) is 1.30. The molecule has 1 rings (SSSR count). The van der Waals surface area contributed by atoms with E-state index in [4.69, 9.17) is 9.47 Å². The van der Waals surface area contributed by atoms with Crippen molar-refractivity contribution in [1.29, 1.82) is 0 Å². The van der Waals surface area contributed by atoms with E-state index in [1.807, 2.05) is 13.8 Å². The van der Waals surface area contributed by atoms with Gasteiger partial charge >= 0.3 is 0 Å². The summed E-state index contributed by atoms with van der Waals surface area (Å²) < 4.78 is 15.1. The van der Waals surface area contributed by atoms with Crippen molar-refractivity contribution >= 4 is 6.47 Å². The third-order valence-electron chi connectivity index (χ3n) is 1.91. The van der Waals surface area contributed by atoms with Crippen molar-refractivity contribution in [2.24, 2.45) is 0 Å². The molecule has 90 valence electrons. The molecule has 0 aromatic carbocycles. The van der Waals surface area contributed by atoms with Gasteiger partial charge in [0.15, 0.2) is 5.79 Å². The van der Waals surface area contributed by atoms with Crippen LogP contribution in [0.15, 0.2) is 0 Å². The van der Waals surface area contributed by atoms with Crippen molar-refractivity contribution in [3.05, 3.63) is 0 Å². The third-order valence-corrected chi connectivity index (χ3v) is 1.91. The lowest BCUT2D eigenvalue weighted by Crippen LogP contribution is -2.21. The summed E-state index contributed by atoms with van der Waals surface area (Å²) >= 11 is 0. The van der Waals surface area contributed by atoms with E-state index in [-0.39, 0.29) is 5.79 Å². The fraction of sp³-hybridized carbons (Fsp3) is 0.909. The van der Waals surface area contributed by atoms with E-state index in [2.05, 4.69) is 11.7 Å². The van der Waals surface area contributed by atoms with Crippen molar-refractivity contribution in [3.63, 3.8) is 0 Å². The molecule has 4 heteroatoms. The zero-order chi connectivity index (χ0) is 11.7. The van der Waals surface area contributed by atoms with Gasteiger partial charge in [0.1, 0.15) is 0 Å². The van der Waals surface area contributed by atoms with Gasteiger partial charge in [-0.15, -0.1) is 0 Å².